The molecule has 0 N–H and O–H groups in total. The van der Waals surface area contributed by atoms with Crippen LogP contribution in [0.2, 0.25) is 0 Å². The van der Waals surface area contributed by atoms with E-state index in [0.29, 0.717) is 0 Å². The molecule has 0 aromatic rings. The van der Waals surface area contributed by atoms with Crippen LogP contribution in [-0.2, 0) is 0 Å². The molecule has 40 heavy (non-hydrogen) atoms. The molecule has 0 saturated carbocycles. The average Bonchev–Trinajstić information content (AvgIpc) is 2.85. The van der Waals surface area contributed by atoms with Gasteiger partial charge in [0.15, 0.2) is 0 Å². The van der Waals surface area contributed by atoms with Crippen LogP contribution in [0.25, 0.3) is 0 Å². The van der Waals surface area contributed by atoms with Crippen molar-refractivity contribution in [3.05, 3.63) is 99.1 Å². The van der Waals surface area contributed by atoms with Crippen molar-refractivity contribution < 1.29 is 0 Å². The summed E-state index contributed by atoms with van der Waals surface area (Å²) in [5.41, 5.74) is 11.8. The maximum Gasteiger partial charge on any atom is 0.00503 e. The highest BCUT2D eigenvalue weighted by atomic mass is 14.1. The second kappa shape index (κ2) is 23.6. The van der Waals surface area contributed by atoms with Gasteiger partial charge < -0.3 is 0 Å². The van der Waals surface area contributed by atoms with Gasteiger partial charge in [0.1, 0.15) is 0 Å². The lowest BCUT2D eigenvalue weighted by Crippen LogP contribution is -1.94. The van der Waals surface area contributed by atoms with Crippen molar-refractivity contribution in [2.75, 3.05) is 0 Å². The Morgan fingerprint density at radius 1 is 0.325 bits per heavy atom. The van der Waals surface area contributed by atoms with Gasteiger partial charge in [-0.25, -0.2) is 0 Å². The molecule has 0 aliphatic carbocycles. The van der Waals surface area contributed by atoms with Gasteiger partial charge in [-0.05, 0) is 153 Å². The molecule has 225 valence electrons. The molecule has 0 nitrogen and oxygen atoms in total. The summed E-state index contributed by atoms with van der Waals surface area (Å²) in [5, 5.41) is 0. The van der Waals surface area contributed by atoms with Crippen LogP contribution >= 0.6 is 0 Å². The second-order valence-electron chi connectivity index (χ2n) is 12.8. The van der Waals surface area contributed by atoms with Crippen molar-refractivity contribution in [1.82, 2.24) is 0 Å². The maximum absolute atomic E-state index is 2.48. The van der Waals surface area contributed by atoms with Crippen molar-refractivity contribution in [2.24, 2.45) is 0 Å². The summed E-state index contributed by atoms with van der Waals surface area (Å²) in [7, 11) is 0. The van der Waals surface area contributed by atoms with E-state index in [0.717, 1.165) is 64.2 Å². The standard InChI is InChI=1S/C40H65/c1-32(2)17-12-20-35(7)22-15-24-37(9)27-29-40(31-39(11)26-14-19-34(5)6)30-28-38(10)25-16-23-36(8)21-13-18-33(3)4/h17-19,22-23,27-28,31H,12-16,20-21,24-26,29-30H2,1-11H3/b35-22?,36-23?,37-27?,38-28?,39-31+. The Balaban J connectivity index is 5.10. The first kappa shape index (κ1) is 37.9. The fourth-order valence-electron chi connectivity index (χ4n) is 4.50. The zero-order valence-electron chi connectivity index (χ0n) is 28.6. The van der Waals surface area contributed by atoms with Gasteiger partial charge in [0, 0.05) is 5.92 Å². The lowest BCUT2D eigenvalue weighted by Gasteiger charge is -2.12. The van der Waals surface area contributed by atoms with E-state index in [1.165, 1.54) is 63.3 Å². The smallest absolute Gasteiger partial charge is 0.00503 e. The van der Waals surface area contributed by atoms with Crippen LogP contribution in [0.5, 0.6) is 0 Å². The minimum atomic E-state index is 1.06. The Morgan fingerprint density at radius 2 is 0.600 bits per heavy atom. The van der Waals surface area contributed by atoms with Crippen LogP contribution in [0.15, 0.2) is 93.2 Å². The quantitative estimate of drug-likeness (QED) is 0.133. The molecule has 0 bridgehead atoms. The molecule has 0 aliphatic rings. The third-order valence-electron chi connectivity index (χ3n) is 7.21. The van der Waals surface area contributed by atoms with Crippen molar-refractivity contribution >= 4 is 0 Å². The van der Waals surface area contributed by atoms with Crippen LogP contribution in [0.4, 0.5) is 0 Å². The van der Waals surface area contributed by atoms with Gasteiger partial charge >= 0.3 is 0 Å². The van der Waals surface area contributed by atoms with E-state index in [4.69, 9.17) is 0 Å². The largest absolute Gasteiger partial charge is 0.0856 e. The topological polar surface area (TPSA) is 0 Å². The molecule has 0 heteroatoms. The molecule has 0 aromatic heterocycles. The van der Waals surface area contributed by atoms with Crippen molar-refractivity contribution in [3.8, 4) is 0 Å². The predicted octanol–water partition coefficient (Wildman–Crippen LogP) is 13.9. The summed E-state index contributed by atoms with van der Waals surface area (Å²) in [4.78, 5) is 0. The minimum absolute atomic E-state index is 1.06. The fourth-order valence-corrected chi connectivity index (χ4v) is 4.50. The number of allylic oxidation sites excluding steroid dienone is 16. The van der Waals surface area contributed by atoms with Crippen molar-refractivity contribution in [3.63, 3.8) is 0 Å². The first-order chi connectivity index (χ1) is 18.9. The summed E-state index contributed by atoms with van der Waals surface area (Å²) in [6.07, 6.45) is 33.1. The lowest BCUT2D eigenvalue weighted by atomic mass is 9.93. The highest BCUT2D eigenvalue weighted by Crippen LogP contribution is 2.23. The minimum Gasteiger partial charge on any atom is -0.0856 e. The van der Waals surface area contributed by atoms with Crippen LogP contribution in [0.3, 0.4) is 0 Å². The third-order valence-corrected chi connectivity index (χ3v) is 7.21. The maximum atomic E-state index is 2.48. The van der Waals surface area contributed by atoms with Gasteiger partial charge in [0.2, 0.25) is 0 Å². The number of hydrogen-bond donors (Lipinski definition) is 0. The summed E-state index contributed by atoms with van der Waals surface area (Å²) < 4.78 is 0. The third kappa shape index (κ3) is 24.9. The molecule has 0 amide bonds. The lowest BCUT2D eigenvalue weighted by molar-refractivity contribution is 0.881. The Bertz CT molecular complexity index is 876. The molecular formula is C40H65. The van der Waals surface area contributed by atoms with Gasteiger partial charge in [-0.2, -0.15) is 0 Å². The summed E-state index contributed by atoms with van der Waals surface area (Å²) in [6, 6.07) is 0. The molecule has 0 atom stereocenters. The highest BCUT2D eigenvalue weighted by molar-refractivity contribution is 5.23. The predicted molar refractivity (Wildman–Crippen MR) is 186 cm³/mol. The Kier molecular flexibility index (Phi) is 22.4. The molecule has 0 aromatic carbocycles. The normalized spacial score (nSPS) is 13.6. The molecular weight excluding hydrogens is 480 g/mol. The Labute approximate surface area is 251 Å². The monoisotopic (exact) mass is 546 g/mol. The summed E-state index contributed by atoms with van der Waals surface area (Å²) >= 11 is 0. The van der Waals surface area contributed by atoms with Crippen molar-refractivity contribution in [1.29, 1.82) is 0 Å². The van der Waals surface area contributed by atoms with E-state index < -0.39 is 0 Å². The first-order valence-corrected chi connectivity index (χ1v) is 15.9. The van der Waals surface area contributed by atoms with E-state index in [9.17, 15) is 0 Å². The molecule has 0 fully saturated rings. The molecule has 0 saturated heterocycles. The molecule has 0 spiro atoms. The van der Waals surface area contributed by atoms with Crippen LogP contribution < -0.4 is 0 Å². The molecule has 0 rings (SSSR count). The molecule has 0 heterocycles. The SMILES string of the molecule is CC(C)=CCCC(C)=CCCC(C)=CC[C](/C=C(\C)CCC=C(C)C)CC=C(C)CCC=C(C)CCC=C(C)C. The van der Waals surface area contributed by atoms with Gasteiger partial charge in [0.05, 0.1) is 0 Å². The van der Waals surface area contributed by atoms with E-state index in [1.54, 1.807) is 0 Å². The Morgan fingerprint density at radius 3 is 0.925 bits per heavy atom. The summed E-state index contributed by atoms with van der Waals surface area (Å²) in [6.45, 7) is 24.6. The van der Waals surface area contributed by atoms with E-state index in [1.807, 2.05) is 0 Å². The van der Waals surface area contributed by atoms with Gasteiger partial charge in [-0.1, -0.05) is 93.2 Å². The molecule has 0 aliphatic heterocycles. The van der Waals surface area contributed by atoms with Crippen LogP contribution in [0, 0.1) is 5.92 Å². The molecule has 1 radical (unpaired) electrons. The van der Waals surface area contributed by atoms with Gasteiger partial charge in [-0.15, -0.1) is 0 Å². The molecule has 0 unspecified atom stereocenters. The first-order valence-electron chi connectivity index (χ1n) is 15.9. The van der Waals surface area contributed by atoms with E-state index in [-0.39, 0.29) is 0 Å². The van der Waals surface area contributed by atoms with Crippen molar-refractivity contribution in [2.45, 2.75) is 153 Å². The van der Waals surface area contributed by atoms with E-state index in [2.05, 4.69) is 125 Å². The van der Waals surface area contributed by atoms with Crippen LogP contribution in [-0.4, -0.2) is 0 Å². The fraction of sp³-hybridized carbons (Fsp3) is 0.575. The van der Waals surface area contributed by atoms with Gasteiger partial charge in [-0.3, -0.25) is 0 Å². The highest BCUT2D eigenvalue weighted by Gasteiger charge is 2.06. The van der Waals surface area contributed by atoms with E-state index >= 15 is 0 Å². The zero-order valence-corrected chi connectivity index (χ0v) is 28.6. The zero-order chi connectivity index (χ0) is 30.3. The number of hydrogen-bond acceptors (Lipinski definition) is 0. The average molecular weight is 546 g/mol. The second-order valence-corrected chi connectivity index (χ2v) is 12.8. The van der Waals surface area contributed by atoms with Gasteiger partial charge in [0.25, 0.3) is 0 Å². The number of rotatable bonds is 20. The van der Waals surface area contributed by atoms with Crippen LogP contribution in [0.1, 0.15) is 153 Å². The summed E-state index contributed by atoms with van der Waals surface area (Å²) in [5.74, 6) is 1.54. The Hall–Kier alpha value is -2.08.